The van der Waals surface area contributed by atoms with Crippen molar-refractivity contribution in [3.05, 3.63) is 15.3 Å². The molecule has 0 fully saturated rings. The van der Waals surface area contributed by atoms with E-state index in [1.165, 1.54) is 22.6 Å². The van der Waals surface area contributed by atoms with E-state index in [1.54, 1.807) is 0 Å². The number of aromatic nitrogens is 1. The van der Waals surface area contributed by atoms with Gasteiger partial charge >= 0.3 is 12.3 Å². The molecule has 0 spiro atoms. The van der Waals surface area contributed by atoms with Crippen LogP contribution in [0.1, 0.15) is 10.5 Å². The molecule has 0 unspecified atom stereocenters. The van der Waals surface area contributed by atoms with Crippen LogP contribution in [0.3, 0.4) is 0 Å². The molecule has 0 amide bonds. The van der Waals surface area contributed by atoms with Crippen LogP contribution in [0.15, 0.2) is 6.07 Å². The molecule has 0 radical (unpaired) electrons. The van der Waals surface area contributed by atoms with Gasteiger partial charge in [0.05, 0.1) is 10.7 Å². The first kappa shape index (κ1) is 13.8. The summed E-state index contributed by atoms with van der Waals surface area (Å²) in [6.07, 6.45) is -5.01. The van der Waals surface area contributed by atoms with E-state index < -0.39 is 29.7 Å². The Balaban J connectivity index is 3.20. The van der Waals surface area contributed by atoms with Crippen molar-refractivity contribution in [3.8, 4) is 11.6 Å². The summed E-state index contributed by atoms with van der Waals surface area (Å²) in [6, 6.07) is 1.07. The minimum atomic E-state index is -5.01. The number of aromatic hydroxyl groups is 1. The standard InChI is InChI=1S/C8H5F3INO4/c1-16-7(15)4-2-3(12)5(14)6(13-4)17-8(9,10)11/h2,14H,1H3. The molecule has 17 heavy (non-hydrogen) atoms. The topological polar surface area (TPSA) is 68.7 Å². The van der Waals surface area contributed by atoms with Crippen molar-refractivity contribution in [2.75, 3.05) is 7.11 Å². The predicted octanol–water partition coefficient (Wildman–Crippen LogP) is 2.08. The van der Waals surface area contributed by atoms with Crippen LogP contribution in [0.4, 0.5) is 13.2 Å². The lowest BCUT2D eigenvalue weighted by Gasteiger charge is -2.11. The molecule has 1 aromatic rings. The van der Waals surface area contributed by atoms with Crippen LogP contribution in [0.2, 0.25) is 0 Å². The maximum absolute atomic E-state index is 12.0. The summed E-state index contributed by atoms with van der Waals surface area (Å²) in [4.78, 5) is 14.3. The summed E-state index contributed by atoms with van der Waals surface area (Å²) in [5, 5.41) is 9.29. The molecule has 94 valence electrons. The van der Waals surface area contributed by atoms with Crippen molar-refractivity contribution in [2.24, 2.45) is 0 Å². The number of esters is 1. The Morgan fingerprint density at radius 1 is 1.53 bits per heavy atom. The van der Waals surface area contributed by atoms with Crippen LogP contribution in [-0.2, 0) is 4.74 Å². The van der Waals surface area contributed by atoms with Crippen LogP contribution in [-0.4, -0.2) is 29.5 Å². The first-order valence-corrected chi connectivity index (χ1v) is 5.06. The number of hydrogen-bond donors (Lipinski definition) is 1. The second-order valence-corrected chi connectivity index (χ2v) is 3.84. The summed E-state index contributed by atoms with van der Waals surface area (Å²) < 4.78 is 43.7. The number of rotatable bonds is 2. The monoisotopic (exact) mass is 363 g/mol. The number of nitrogens with zero attached hydrogens (tertiary/aromatic N) is 1. The van der Waals surface area contributed by atoms with Gasteiger partial charge in [-0.25, -0.2) is 9.78 Å². The molecule has 9 heteroatoms. The van der Waals surface area contributed by atoms with Crippen LogP contribution >= 0.6 is 22.6 Å². The van der Waals surface area contributed by atoms with E-state index in [1.807, 2.05) is 0 Å². The van der Waals surface area contributed by atoms with Gasteiger partial charge in [-0.3, -0.25) is 0 Å². The highest BCUT2D eigenvalue weighted by molar-refractivity contribution is 14.1. The summed E-state index contributed by atoms with van der Waals surface area (Å²) in [7, 11) is 1.05. The van der Waals surface area contributed by atoms with E-state index in [0.29, 0.717) is 0 Å². The van der Waals surface area contributed by atoms with Gasteiger partial charge in [-0.1, -0.05) is 0 Å². The van der Waals surface area contributed by atoms with Gasteiger partial charge in [-0.2, -0.15) is 0 Å². The molecule has 1 heterocycles. The summed E-state index contributed by atoms with van der Waals surface area (Å²) in [5.41, 5.74) is -0.394. The second-order valence-electron chi connectivity index (χ2n) is 2.68. The fourth-order valence-electron chi connectivity index (χ4n) is 0.875. The Morgan fingerprint density at radius 2 is 2.12 bits per heavy atom. The Bertz CT molecular complexity index is 449. The fraction of sp³-hybridized carbons (Fsp3) is 0.250. The second kappa shape index (κ2) is 4.94. The molecule has 0 saturated heterocycles. The van der Waals surface area contributed by atoms with Crippen molar-refractivity contribution in [3.63, 3.8) is 0 Å². The Morgan fingerprint density at radius 3 is 2.59 bits per heavy atom. The van der Waals surface area contributed by atoms with Crippen molar-refractivity contribution >= 4 is 28.6 Å². The number of ether oxygens (including phenoxy) is 2. The molecule has 0 aliphatic rings. The minimum absolute atomic E-state index is 0.0164. The van der Waals surface area contributed by atoms with Gasteiger partial charge in [0.1, 0.15) is 0 Å². The lowest BCUT2D eigenvalue weighted by Crippen LogP contribution is -2.19. The molecule has 0 aliphatic heterocycles. The number of carbonyl (C=O) groups is 1. The van der Waals surface area contributed by atoms with Gasteiger partial charge in [-0.15, -0.1) is 13.2 Å². The molecule has 0 aliphatic carbocycles. The van der Waals surface area contributed by atoms with E-state index >= 15 is 0 Å². The highest BCUT2D eigenvalue weighted by Gasteiger charge is 2.34. The Hall–Kier alpha value is -1.26. The zero-order valence-electron chi connectivity index (χ0n) is 8.21. The molecule has 0 atom stereocenters. The van der Waals surface area contributed by atoms with E-state index in [2.05, 4.69) is 14.5 Å². The number of carbonyl (C=O) groups excluding carboxylic acids is 1. The van der Waals surface area contributed by atoms with Gasteiger partial charge in [0.25, 0.3) is 5.88 Å². The highest BCUT2D eigenvalue weighted by atomic mass is 127. The van der Waals surface area contributed by atoms with Gasteiger partial charge in [0, 0.05) is 0 Å². The van der Waals surface area contributed by atoms with Gasteiger partial charge in [-0.05, 0) is 28.7 Å². The van der Waals surface area contributed by atoms with Gasteiger partial charge in [0.2, 0.25) is 0 Å². The number of methoxy groups -OCH3 is 1. The molecule has 0 saturated carbocycles. The third-order valence-corrected chi connectivity index (χ3v) is 2.34. The summed E-state index contributed by atoms with van der Waals surface area (Å²) >= 11 is 1.53. The molecule has 1 aromatic heterocycles. The third kappa shape index (κ3) is 3.61. The minimum Gasteiger partial charge on any atom is -0.502 e. The maximum Gasteiger partial charge on any atom is 0.574 e. The van der Waals surface area contributed by atoms with Crippen molar-refractivity contribution in [1.29, 1.82) is 0 Å². The highest BCUT2D eigenvalue weighted by Crippen LogP contribution is 2.33. The molecular formula is C8H5F3INO4. The lowest BCUT2D eigenvalue weighted by molar-refractivity contribution is -0.276. The van der Waals surface area contributed by atoms with Crippen LogP contribution in [0.25, 0.3) is 0 Å². The van der Waals surface area contributed by atoms with Crippen LogP contribution in [0, 0.1) is 3.57 Å². The average molecular weight is 363 g/mol. The zero-order valence-corrected chi connectivity index (χ0v) is 10.4. The number of halogens is 4. The van der Waals surface area contributed by atoms with E-state index in [-0.39, 0.29) is 3.57 Å². The quantitative estimate of drug-likeness (QED) is 0.644. The summed E-state index contributed by atoms with van der Waals surface area (Å²) in [5.74, 6) is -2.82. The van der Waals surface area contributed by atoms with Gasteiger partial charge in [0.15, 0.2) is 11.4 Å². The fourth-order valence-corrected chi connectivity index (χ4v) is 1.40. The van der Waals surface area contributed by atoms with Crippen LogP contribution in [0.5, 0.6) is 11.6 Å². The summed E-state index contributed by atoms with van der Waals surface area (Å²) in [6.45, 7) is 0. The molecular weight excluding hydrogens is 358 g/mol. The number of alkyl halides is 3. The number of pyridine rings is 1. The zero-order chi connectivity index (χ0) is 13.2. The molecule has 1 rings (SSSR count). The van der Waals surface area contributed by atoms with E-state index in [9.17, 15) is 23.1 Å². The smallest absolute Gasteiger partial charge is 0.502 e. The van der Waals surface area contributed by atoms with Gasteiger partial charge < -0.3 is 14.6 Å². The molecule has 1 N–H and O–H groups in total. The van der Waals surface area contributed by atoms with E-state index in [0.717, 1.165) is 13.2 Å². The first-order valence-electron chi connectivity index (χ1n) is 3.98. The molecule has 5 nitrogen and oxygen atoms in total. The SMILES string of the molecule is COC(=O)c1cc(I)c(O)c(OC(F)(F)F)n1. The van der Waals surface area contributed by atoms with Crippen molar-refractivity contribution in [1.82, 2.24) is 4.98 Å². The number of hydrogen-bond acceptors (Lipinski definition) is 5. The largest absolute Gasteiger partial charge is 0.574 e. The van der Waals surface area contributed by atoms with Crippen molar-refractivity contribution in [2.45, 2.75) is 6.36 Å². The third-order valence-electron chi connectivity index (χ3n) is 1.52. The maximum atomic E-state index is 12.0. The Labute approximate surface area is 107 Å². The lowest BCUT2D eigenvalue weighted by atomic mass is 10.3. The van der Waals surface area contributed by atoms with E-state index in [4.69, 9.17) is 0 Å². The molecule has 0 bridgehead atoms. The average Bonchev–Trinajstić information content (AvgIpc) is 2.21. The molecule has 0 aromatic carbocycles. The van der Waals surface area contributed by atoms with Crippen molar-refractivity contribution < 1.29 is 32.5 Å². The van der Waals surface area contributed by atoms with Crippen LogP contribution < -0.4 is 4.74 Å². The predicted molar refractivity (Wildman–Crippen MR) is 56.6 cm³/mol. The first-order chi connectivity index (χ1) is 7.74. The Kier molecular flexibility index (Phi) is 4.01. The normalized spacial score (nSPS) is 11.1.